The molecule has 1 N–H and O–H groups in total. The van der Waals surface area contributed by atoms with Gasteiger partial charge in [0.1, 0.15) is 6.10 Å². The number of hydrogen-bond donors (Lipinski definition) is 1. The van der Waals surface area contributed by atoms with Crippen molar-refractivity contribution in [3.8, 4) is 11.5 Å². The van der Waals surface area contributed by atoms with Crippen molar-refractivity contribution < 1.29 is 18.9 Å². The van der Waals surface area contributed by atoms with Crippen LogP contribution < -0.4 is 14.8 Å². The number of hydrogen-bond acceptors (Lipinski definition) is 5. The summed E-state index contributed by atoms with van der Waals surface area (Å²) in [6.45, 7) is 6.47. The van der Waals surface area contributed by atoms with Crippen LogP contribution in [-0.4, -0.2) is 45.7 Å². The van der Waals surface area contributed by atoms with Gasteiger partial charge in [-0.05, 0) is 24.2 Å². The van der Waals surface area contributed by atoms with E-state index in [1.165, 1.54) is 5.56 Å². The van der Waals surface area contributed by atoms with E-state index < -0.39 is 0 Å². The van der Waals surface area contributed by atoms with Crippen molar-refractivity contribution in [2.45, 2.75) is 25.5 Å². The van der Waals surface area contributed by atoms with Crippen LogP contribution >= 0.6 is 0 Å². The van der Waals surface area contributed by atoms with Gasteiger partial charge in [0, 0.05) is 6.42 Å². The Morgan fingerprint density at radius 1 is 1.24 bits per heavy atom. The molecule has 1 aromatic carbocycles. The largest absolute Gasteiger partial charge is 0.490 e. The van der Waals surface area contributed by atoms with Gasteiger partial charge in [-0.2, -0.15) is 0 Å². The highest BCUT2D eigenvalue weighted by Gasteiger charge is 2.22. The highest BCUT2D eigenvalue weighted by molar-refractivity contribution is 5.44. The highest BCUT2D eigenvalue weighted by atomic mass is 16.6. The fraction of sp³-hybridized carbons (Fsp3) is 0.625. The van der Waals surface area contributed by atoms with Gasteiger partial charge in [0.05, 0.1) is 39.1 Å². The molecular weight excluding hydrogens is 270 g/mol. The maximum atomic E-state index is 5.86. The maximum Gasteiger partial charge on any atom is 0.161 e. The van der Waals surface area contributed by atoms with E-state index in [4.69, 9.17) is 18.9 Å². The zero-order chi connectivity index (χ0) is 14.5. The van der Waals surface area contributed by atoms with E-state index >= 15 is 0 Å². The quantitative estimate of drug-likeness (QED) is 0.868. The van der Waals surface area contributed by atoms with E-state index in [1.807, 2.05) is 6.07 Å². The maximum absolute atomic E-state index is 5.86. The lowest BCUT2D eigenvalue weighted by molar-refractivity contribution is -0.133. The third kappa shape index (κ3) is 3.67. The molecule has 0 amide bonds. The Morgan fingerprint density at radius 3 is 2.76 bits per heavy atom. The number of rotatable bonds is 6. The SMILES string of the molecule is CCNC(COC1COC1)c1ccc2c(c1)OCCCO2. The van der Waals surface area contributed by atoms with E-state index in [0.29, 0.717) is 33.0 Å². The minimum absolute atomic E-state index is 0.160. The summed E-state index contributed by atoms with van der Waals surface area (Å²) in [7, 11) is 0. The van der Waals surface area contributed by atoms with Crippen molar-refractivity contribution in [3.05, 3.63) is 23.8 Å². The topological polar surface area (TPSA) is 49.0 Å². The predicted molar refractivity (Wildman–Crippen MR) is 79.0 cm³/mol. The van der Waals surface area contributed by atoms with Crippen molar-refractivity contribution >= 4 is 0 Å². The second kappa shape index (κ2) is 7.11. The zero-order valence-corrected chi connectivity index (χ0v) is 12.5. The van der Waals surface area contributed by atoms with Crippen molar-refractivity contribution in [3.63, 3.8) is 0 Å². The molecule has 116 valence electrons. The normalized spacial score (nSPS) is 19.7. The molecule has 1 atom stereocenters. The van der Waals surface area contributed by atoms with Gasteiger partial charge in [-0.1, -0.05) is 13.0 Å². The van der Waals surface area contributed by atoms with Crippen molar-refractivity contribution in [1.82, 2.24) is 5.32 Å². The minimum atomic E-state index is 0.160. The van der Waals surface area contributed by atoms with Crippen LogP contribution in [0.4, 0.5) is 0 Å². The lowest BCUT2D eigenvalue weighted by Crippen LogP contribution is -2.38. The molecule has 0 bridgehead atoms. The van der Waals surface area contributed by atoms with Gasteiger partial charge >= 0.3 is 0 Å². The monoisotopic (exact) mass is 293 g/mol. The van der Waals surface area contributed by atoms with Gasteiger partial charge < -0.3 is 24.3 Å². The van der Waals surface area contributed by atoms with Crippen LogP contribution in [-0.2, 0) is 9.47 Å². The number of fused-ring (bicyclic) bond motifs is 1. The summed E-state index contributed by atoms with van der Waals surface area (Å²) in [5.41, 5.74) is 1.17. The Labute approximate surface area is 125 Å². The summed E-state index contributed by atoms with van der Waals surface area (Å²) in [6, 6.07) is 6.30. The van der Waals surface area contributed by atoms with Crippen LogP contribution in [0.1, 0.15) is 24.9 Å². The Balaban J connectivity index is 1.69. The standard InChI is InChI=1S/C16H23NO4/c1-2-17-14(11-21-13-9-18-10-13)12-4-5-15-16(8-12)20-7-3-6-19-15/h4-5,8,13-14,17H,2-3,6-7,9-11H2,1H3. The Bertz CT molecular complexity index is 462. The molecule has 0 aromatic heterocycles. The molecule has 0 radical (unpaired) electrons. The second-order valence-electron chi connectivity index (χ2n) is 5.36. The molecule has 5 heteroatoms. The summed E-state index contributed by atoms with van der Waals surface area (Å²) in [4.78, 5) is 0. The first kappa shape index (κ1) is 14.6. The lowest BCUT2D eigenvalue weighted by atomic mass is 10.1. The molecule has 0 saturated carbocycles. The molecule has 0 aliphatic carbocycles. The molecule has 1 aromatic rings. The van der Waals surface area contributed by atoms with Gasteiger partial charge in [0.25, 0.3) is 0 Å². The summed E-state index contributed by atoms with van der Waals surface area (Å²) < 4.78 is 22.4. The van der Waals surface area contributed by atoms with Gasteiger partial charge in [0.2, 0.25) is 0 Å². The highest BCUT2D eigenvalue weighted by Crippen LogP contribution is 2.32. The fourth-order valence-corrected chi connectivity index (χ4v) is 2.46. The summed E-state index contributed by atoms with van der Waals surface area (Å²) in [5, 5.41) is 3.46. The predicted octanol–water partition coefficient (Wildman–Crippen LogP) is 1.91. The third-order valence-corrected chi connectivity index (χ3v) is 3.73. The van der Waals surface area contributed by atoms with Gasteiger partial charge in [-0.3, -0.25) is 0 Å². The lowest BCUT2D eigenvalue weighted by Gasteiger charge is -2.28. The number of benzene rings is 1. The summed E-state index contributed by atoms with van der Waals surface area (Å²) in [5.74, 6) is 1.67. The van der Waals surface area contributed by atoms with Crippen LogP contribution in [0, 0.1) is 0 Å². The van der Waals surface area contributed by atoms with Crippen molar-refractivity contribution in [1.29, 1.82) is 0 Å². The average molecular weight is 293 g/mol. The number of ether oxygens (including phenoxy) is 4. The molecule has 3 rings (SSSR count). The van der Waals surface area contributed by atoms with Gasteiger partial charge in [-0.15, -0.1) is 0 Å². The third-order valence-electron chi connectivity index (χ3n) is 3.73. The fourth-order valence-electron chi connectivity index (χ4n) is 2.46. The molecule has 5 nitrogen and oxygen atoms in total. The van der Waals surface area contributed by atoms with Crippen molar-refractivity contribution in [2.75, 3.05) is 39.6 Å². The van der Waals surface area contributed by atoms with E-state index in [0.717, 1.165) is 24.5 Å². The average Bonchev–Trinajstić information content (AvgIpc) is 2.69. The molecule has 2 aliphatic rings. The molecule has 1 unspecified atom stereocenters. The molecule has 21 heavy (non-hydrogen) atoms. The van der Waals surface area contributed by atoms with E-state index in [2.05, 4.69) is 24.4 Å². The molecule has 2 aliphatic heterocycles. The number of nitrogens with one attached hydrogen (secondary N) is 1. The molecule has 0 spiro atoms. The van der Waals surface area contributed by atoms with Gasteiger partial charge in [0.15, 0.2) is 11.5 Å². The van der Waals surface area contributed by atoms with Crippen LogP contribution in [0.25, 0.3) is 0 Å². The summed E-state index contributed by atoms with van der Waals surface area (Å²) >= 11 is 0. The molecule has 1 fully saturated rings. The van der Waals surface area contributed by atoms with E-state index in [1.54, 1.807) is 0 Å². The van der Waals surface area contributed by atoms with Crippen LogP contribution in [0.5, 0.6) is 11.5 Å². The Morgan fingerprint density at radius 2 is 2.05 bits per heavy atom. The Hall–Kier alpha value is -1.30. The van der Waals surface area contributed by atoms with Crippen molar-refractivity contribution in [2.24, 2.45) is 0 Å². The first-order chi connectivity index (χ1) is 10.4. The zero-order valence-electron chi connectivity index (χ0n) is 12.5. The van der Waals surface area contributed by atoms with Crippen LogP contribution in [0.3, 0.4) is 0 Å². The Kier molecular flexibility index (Phi) is 4.95. The van der Waals surface area contributed by atoms with Crippen LogP contribution in [0.2, 0.25) is 0 Å². The van der Waals surface area contributed by atoms with E-state index in [-0.39, 0.29) is 12.1 Å². The smallest absolute Gasteiger partial charge is 0.161 e. The minimum Gasteiger partial charge on any atom is -0.490 e. The van der Waals surface area contributed by atoms with Crippen LogP contribution in [0.15, 0.2) is 18.2 Å². The molecular formula is C16H23NO4. The molecule has 1 saturated heterocycles. The first-order valence-electron chi connectivity index (χ1n) is 7.69. The van der Waals surface area contributed by atoms with E-state index in [9.17, 15) is 0 Å². The van der Waals surface area contributed by atoms with Gasteiger partial charge in [-0.25, -0.2) is 0 Å². The summed E-state index contributed by atoms with van der Waals surface area (Å²) in [6.07, 6.45) is 1.16. The first-order valence-corrected chi connectivity index (χ1v) is 7.69. The second-order valence-corrected chi connectivity index (χ2v) is 5.36. The molecule has 2 heterocycles. The number of likely N-dealkylation sites (N-methyl/N-ethyl adjacent to an activating group) is 1.